The summed E-state index contributed by atoms with van der Waals surface area (Å²) < 4.78 is 13.0. The van der Waals surface area contributed by atoms with Crippen LogP contribution in [0.4, 0.5) is 4.39 Å². The van der Waals surface area contributed by atoms with E-state index in [1.165, 1.54) is 6.08 Å². The molecule has 0 aromatic heterocycles. The maximum absolute atomic E-state index is 13.0. The third-order valence-electron chi connectivity index (χ3n) is 2.40. The highest BCUT2D eigenvalue weighted by molar-refractivity contribution is 6.30. The first-order valence-electron chi connectivity index (χ1n) is 4.94. The highest BCUT2D eigenvalue weighted by Gasteiger charge is 2.24. The molecule has 84 valence electrons. The summed E-state index contributed by atoms with van der Waals surface area (Å²) in [6, 6.07) is 7.34. The van der Waals surface area contributed by atoms with E-state index in [4.69, 9.17) is 17.3 Å². The van der Waals surface area contributed by atoms with Gasteiger partial charge in [0.1, 0.15) is 5.66 Å². The lowest BCUT2D eigenvalue weighted by atomic mass is 9.98. The van der Waals surface area contributed by atoms with Crippen molar-refractivity contribution >= 4 is 11.6 Å². The average Bonchev–Trinajstić information content (AvgIpc) is 2.21. The van der Waals surface area contributed by atoms with Gasteiger partial charge in [-0.05, 0) is 29.8 Å². The summed E-state index contributed by atoms with van der Waals surface area (Å²) in [5.74, 6) is -0.418. The minimum absolute atomic E-state index is 0.418. The predicted octanol–water partition coefficient (Wildman–Crippen LogP) is 2.51. The van der Waals surface area contributed by atoms with E-state index in [1.54, 1.807) is 24.3 Å². The van der Waals surface area contributed by atoms with Crippen molar-refractivity contribution in [2.75, 3.05) is 0 Å². The first kappa shape index (κ1) is 11.2. The van der Waals surface area contributed by atoms with Gasteiger partial charge in [-0.3, -0.25) is 0 Å². The molecule has 3 N–H and O–H groups in total. The molecule has 0 spiro atoms. The number of allylic oxidation sites excluding steroid dienone is 2. The number of hydrogen-bond donors (Lipinski definition) is 2. The van der Waals surface area contributed by atoms with Crippen LogP contribution in [0, 0.1) is 0 Å². The summed E-state index contributed by atoms with van der Waals surface area (Å²) in [5, 5.41) is 3.28. The van der Waals surface area contributed by atoms with Crippen molar-refractivity contribution in [3.05, 3.63) is 59.0 Å². The fourth-order valence-corrected chi connectivity index (χ4v) is 1.78. The quantitative estimate of drug-likeness (QED) is 0.777. The van der Waals surface area contributed by atoms with Crippen LogP contribution in [0.25, 0.3) is 0 Å². The van der Waals surface area contributed by atoms with E-state index in [-0.39, 0.29) is 0 Å². The Bertz CT molecular complexity index is 439. The van der Waals surface area contributed by atoms with Gasteiger partial charge in [0, 0.05) is 11.4 Å². The van der Waals surface area contributed by atoms with E-state index < -0.39 is 11.6 Å². The summed E-state index contributed by atoms with van der Waals surface area (Å²) in [6.45, 7) is 0. The standard InChI is InChI=1S/C12H12ClFN2/c13-10-5-3-9(4-6-10)8-12(15)7-1-2-11(14)16-12/h1-7,16H,8,15H2. The van der Waals surface area contributed by atoms with Crippen LogP contribution in [0.15, 0.2) is 48.4 Å². The van der Waals surface area contributed by atoms with Crippen molar-refractivity contribution in [1.29, 1.82) is 0 Å². The number of nitrogens with two attached hydrogens (primary N) is 1. The number of rotatable bonds is 2. The zero-order valence-electron chi connectivity index (χ0n) is 8.58. The van der Waals surface area contributed by atoms with Crippen LogP contribution in [0.3, 0.4) is 0 Å². The molecule has 1 unspecified atom stereocenters. The molecule has 2 rings (SSSR count). The molecule has 0 aliphatic carbocycles. The number of nitrogens with one attached hydrogen (secondary N) is 1. The molecule has 1 aromatic carbocycles. The van der Waals surface area contributed by atoms with Gasteiger partial charge in [-0.15, -0.1) is 0 Å². The second-order valence-electron chi connectivity index (χ2n) is 3.84. The third kappa shape index (κ3) is 2.62. The molecule has 1 aromatic rings. The lowest BCUT2D eigenvalue weighted by Gasteiger charge is -2.29. The lowest BCUT2D eigenvalue weighted by Crippen LogP contribution is -2.53. The SMILES string of the molecule is NC1(Cc2ccc(Cl)cc2)C=CC=C(F)N1. The molecular formula is C12H12ClFN2. The van der Waals surface area contributed by atoms with Gasteiger partial charge in [0.2, 0.25) is 0 Å². The van der Waals surface area contributed by atoms with Gasteiger partial charge in [-0.25, -0.2) is 0 Å². The molecule has 1 heterocycles. The smallest absolute Gasteiger partial charge is 0.188 e. The van der Waals surface area contributed by atoms with E-state index in [9.17, 15) is 4.39 Å². The number of halogens is 2. The Morgan fingerprint density at radius 2 is 2.00 bits per heavy atom. The van der Waals surface area contributed by atoms with Crippen molar-refractivity contribution in [2.45, 2.75) is 12.1 Å². The molecule has 4 heteroatoms. The van der Waals surface area contributed by atoms with E-state index in [1.807, 2.05) is 12.1 Å². The van der Waals surface area contributed by atoms with Crippen LogP contribution in [-0.2, 0) is 6.42 Å². The zero-order valence-corrected chi connectivity index (χ0v) is 9.34. The summed E-state index contributed by atoms with van der Waals surface area (Å²) in [4.78, 5) is 0. The van der Waals surface area contributed by atoms with Crippen LogP contribution >= 0.6 is 11.6 Å². The van der Waals surface area contributed by atoms with Crippen LogP contribution in [0.2, 0.25) is 5.02 Å². The third-order valence-corrected chi connectivity index (χ3v) is 2.65. The van der Waals surface area contributed by atoms with Crippen LogP contribution in [0.5, 0.6) is 0 Å². The zero-order chi connectivity index (χ0) is 11.6. The normalized spacial score (nSPS) is 23.8. The predicted molar refractivity (Wildman–Crippen MR) is 63.5 cm³/mol. The fourth-order valence-electron chi connectivity index (χ4n) is 1.65. The van der Waals surface area contributed by atoms with Gasteiger partial charge in [-0.1, -0.05) is 29.8 Å². The molecule has 0 radical (unpaired) electrons. The molecule has 0 bridgehead atoms. The Hall–Kier alpha value is -1.32. The fraction of sp³-hybridized carbons (Fsp3) is 0.167. The molecule has 1 aliphatic heterocycles. The molecule has 0 amide bonds. The molecular weight excluding hydrogens is 227 g/mol. The van der Waals surface area contributed by atoms with Gasteiger partial charge >= 0.3 is 0 Å². The Morgan fingerprint density at radius 1 is 1.31 bits per heavy atom. The monoisotopic (exact) mass is 238 g/mol. The molecule has 16 heavy (non-hydrogen) atoms. The number of hydrogen-bond acceptors (Lipinski definition) is 2. The first-order chi connectivity index (χ1) is 7.57. The maximum atomic E-state index is 13.0. The molecule has 0 saturated carbocycles. The van der Waals surface area contributed by atoms with Gasteiger partial charge in [0.05, 0.1) is 0 Å². The van der Waals surface area contributed by atoms with E-state index in [0.717, 1.165) is 5.56 Å². The van der Waals surface area contributed by atoms with Crippen LogP contribution in [-0.4, -0.2) is 5.66 Å². The van der Waals surface area contributed by atoms with Crippen LogP contribution in [0.1, 0.15) is 5.56 Å². The maximum Gasteiger partial charge on any atom is 0.188 e. The lowest BCUT2D eigenvalue weighted by molar-refractivity contribution is 0.387. The molecule has 1 atom stereocenters. The molecule has 0 fully saturated rings. The molecule has 1 aliphatic rings. The van der Waals surface area contributed by atoms with Crippen molar-refractivity contribution < 1.29 is 4.39 Å². The first-order valence-corrected chi connectivity index (χ1v) is 5.32. The van der Waals surface area contributed by atoms with Crippen molar-refractivity contribution in [3.63, 3.8) is 0 Å². The van der Waals surface area contributed by atoms with E-state index >= 15 is 0 Å². The topological polar surface area (TPSA) is 38.0 Å². The van der Waals surface area contributed by atoms with Crippen LogP contribution < -0.4 is 11.1 Å². The average molecular weight is 239 g/mol. The van der Waals surface area contributed by atoms with Gasteiger partial charge in [0.25, 0.3) is 0 Å². The highest BCUT2D eigenvalue weighted by atomic mass is 35.5. The second-order valence-corrected chi connectivity index (χ2v) is 4.28. The Kier molecular flexibility index (Phi) is 2.99. The summed E-state index contributed by atoms with van der Waals surface area (Å²) in [6.07, 6.45) is 5.20. The Morgan fingerprint density at radius 3 is 2.62 bits per heavy atom. The number of dihydropyridines is 1. The summed E-state index contributed by atoms with van der Waals surface area (Å²) in [7, 11) is 0. The van der Waals surface area contributed by atoms with Crippen molar-refractivity contribution in [1.82, 2.24) is 5.32 Å². The second kappa shape index (κ2) is 4.28. The van der Waals surface area contributed by atoms with Gasteiger partial charge in [0.15, 0.2) is 5.95 Å². The van der Waals surface area contributed by atoms with Crippen molar-refractivity contribution in [2.24, 2.45) is 5.73 Å². The number of benzene rings is 1. The summed E-state index contributed by atoms with van der Waals surface area (Å²) in [5.41, 5.74) is 6.14. The molecule has 0 saturated heterocycles. The van der Waals surface area contributed by atoms with Crippen molar-refractivity contribution in [3.8, 4) is 0 Å². The minimum atomic E-state index is -0.868. The Balaban J connectivity index is 2.13. The highest BCUT2D eigenvalue weighted by Crippen LogP contribution is 2.17. The van der Waals surface area contributed by atoms with Gasteiger partial charge < -0.3 is 11.1 Å². The van der Waals surface area contributed by atoms with Gasteiger partial charge in [-0.2, -0.15) is 4.39 Å². The van der Waals surface area contributed by atoms with E-state index in [0.29, 0.717) is 11.4 Å². The molecule has 2 nitrogen and oxygen atoms in total. The summed E-state index contributed by atoms with van der Waals surface area (Å²) >= 11 is 5.78. The minimum Gasteiger partial charge on any atom is -0.340 e. The largest absolute Gasteiger partial charge is 0.340 e. The Labute approximate surface area is 98.6 Å². The van der Waals surface area contributed by atoms with E-state index in [2.05, 4.69) is 5.32 Å².